The maximum atomic E-state index is 11.9. The zero-order valence-electron chi connectivity index (χ0n) is 15.9. The zero-order chi connectivity index (χ0) is 21.2. The van der Waals surface area contributed by atoms with E-state index in [4.69, 9.17) is 14.2 Å². The maximum absolute atomic E-state index is 11.9. The monoisotopic (exact) mass is 404 g/mol. The lowest BCUT2D eigenvalue weighted by Crippen LogP contribution is -2.32. The van der Waals surface area contributed by atoms with E-state index in [1.165, 1.54) is 26.4 Å². The van der Waals surface area contributed by atoms with E-state index >= 15 is 0 Å². The summed E-state index contributed by atoms with van der Waals surface area (Å²) in [5, 5.41) is 13.7. The van der Waals surface area contributed by atoms with Crippen LogP contribution in [0.2, 0.25) is 0 Å². The second-order valence-electron chi connectivity index (χ2n) is 5.57. The first-order valence-corrected chi connectivity index (χ1v) is 8.48. The molecule has 0 aliphatic rings. The Morgan fingerprint density at radius 2 is 1.76 bits per heavy atom. The highest BCUT2D eigenvalue weighted by Crippen LogP contribution is 2.28. The molecule has 2 aromatic carbocycles. The van der Waals surface area contributed by atoms with Gasteiger partial charge in [-0.1, -0.05) is 12.1 Å². The topological polar surface area (TPSA) is 126 Å². The van der Waals surface area contributed by atoms with Crippen molar-refractivity contribution in [3.8, 4) is 17.2 Å². The van der Waals surface area contributed by atoms with Crippen LogP contribution in [0.4, 0.5) is 5.69 Å². The zero-order valence-corrected chi connectivity index (χ0v) is 15.9. The summed E-state index contributed by atoms with van der Waals surface area (Å²) in [5.74, 6) is -0.220. The molecule has 0 saturated carbocycles. The van der Waals surface area contributed by atoms with Gasteiger partial charge in [-0.15, -0.1) is 0 Å². The minimum atomic E-state index is -0.715. The van der Waals surface area contributed by atoms with Gasteiger partial charge in [0.2, 0.25) is 0 Å². The van der Waals surface area contributed by atoms with Crippen LogP contribution in [0.1, 0.15) is 10.4 Å². The van der Waals surface area contributed by atoms with Crippen LogP contribution in [-0.2, 0) is 9.53 Å². The van der Waals surface area contributed by atoms with Gasteiger partial charge in [0.05, 0.1) is 31.3 Å². The number of carbonyl (C=O) groups is 2. The van der Waals surface area contributed by atoms with Crippen LogP contribution in [0.5, 0.6) is 17.2 Å². The summed E-state index contributed by atoms with van der Waals surface area (Å²) in [6, 6.07) is 10.7. The highest BCUT2D eigenvalue weighted by atomic mass is 16.6. The van der Waals surface area contributed by atoms with E-state index in [0.717, 1.165) is 6.07 Å². The SMILES string of the molecule is COC(=O)c1ccc(OCC(=O)NCCOc2ccccc2OC)c([N+](=O)[O-])c1. The molecule has 0 heterocycles. The largest absolute Gasteiger partial charge is 0.493 e. The maximum Gasteiger partial charge on any atom is 0.338 e. The second-order valence-corrected chi connectivity index (χ2v) is 5.57. The lowest BCUT2D eigenvalue weighted by Gasteiger charge is -2.11. The third-order valence-corrected chi connectivity index (χ3v) is 3.69. The fourth-order valence-corrected chi connectivity index (χ4v) is 2.31. The van der Waals surface area contributed by atoms with Gasteiger partial charge >= 0.3 is 11.7 Å². The molecule has 2 rings (SSSR count). The molecule has 0 unspecified atom stereocenters. The number of nitro benzene ring substituents is 1. The van der Waals surface area contributed by atoms with Crippen molar-refractivity contribution in [2.45, 2.75) is 0 Å². The number of nitro groups is 1. The first kappa shape index (κ1) is 21.5. The number of benzene rings is 2. The van der Waals surface area contributed by atoms with Gasteiger partial charge < -0.3 is 24.3 Å². The number of rotatable bonds is 10. The van der Waals surface area contributed by atoms with Crippen molar-refractivity contribution >= 4 is 17.6 Å². The Morgan fingerprint density at radius 3 is 2.41 bits per heavy atom. The van der Waals surface area contributed by atoms with Crippen molar-refractivity contribution in [2.75, 3.05) is 34.0 Å². The average molecular weight is 404 g/mol. The minimum absolute atomic E-state index is 0.00416. The van der Waals surface area contributed by atoms with Gasteiger partial charge in [-0.05, 0) is 24.3 Å². The van der Waals surface area contributed by atoms with E-state index in [9.17, 15) is 19.7 Å². The van der Waals surface area contributed by atoms with E-state index in [1.807, 2.05) is 6.07 Å². The molecule has 0 aliphatic carbocycles. The predicted molar refractivity (Wildman–Crippen MR) is 101 cm³/mol. The van der Waals surface area contributed by atoms with Crippen LogP contribution in [0.3, 0.4) is 0 Å². The van der Waals surface area contributed by atoms with Crippen molar-refractivity contribution < 1.29 is 33.5 Å². The lowest BCUT2D eigenvalue weighted by molar-refractivity contribution is -0.385. The van der Waals surface area contributed by atoms with Crippen molar-refractivity contribution in [1.29, 1.82) is 0 Å². The van der Waals surface area contributed by atoms with Gasteiger partial charge in [0.1, 0.15) is 6.61 Å². The van der Waals surface area contributed by atoms with E-state index in [1.54, 1.807) is 18.2 Å². The van der Waals surface area contributed by atoms with Crippen molar-refractivity contribution in [1.82, 2.24) is 5.32 Å². The van der Waals surface area contributed by atoms with Crippen LogP contribution in [0, 0.1) is 10.1 Å². The second kappa shape index (κ2) is 10.5. The Morgan fingerprint density at radius 1 is 1.03 bits per heavy atom. The molecule has 0 bridgehead atoms. The summed E-state index contributed by atoms with van der Waals surface area (Å²) in [6.07, 6.45) is 0. The molecular weight excluding hydrogens is 384 g/mol. The molecule has 0 aromatic heterocycles. The molecule has 2 aromatic rings. The standard InChI is InChI=1S/C19H20N2O8/c1-26-16-5-3-4-6-17(16)28-10-9-20-18(22)12-29-15-8-7-13(19(23)27-2)11-14(15)21(24)25/h3-8,11H,9-10,12H2,1-2H3,(H,20,22). The van der Waals surface area contributed by atoms with Crippen LogP contribution >= 0.6 is 0 Å². The lowest BCUT2D eigenvalue weighted by atomic mass is 10.2. The molecule has 10 nitrogen and oxygen atoms in total. The third-order valence-electron chi connectivity index (χ3n) is 3.69. The number of ether oxygens (including phenoxy) is 4. The number of nitrogens with one attached hydrogen (secondary N) is 1. The number of hydrogen-bond donors (Lipinski definition) is 1. The first-order chi connectivity index (χ1) is 14.0. The summed E-state index contributed by atoms with van der Waals surface area (Å²) in [4.78, 5) is 33.8. The number of esters is 1. The first-order valence-electron chi connectivity index (χ1n) is 8.48. The molecule has 0 atom stereocenters. The molecule has 0 spiro atoms. The fourth-order valence-electron chi connectivity index (χ4n) is 2.31. The summed E-state index contributed by atoms with van der Waals surface area (Å²) >= 11 is 0. The highest BCUT2D eigenvalue weighted by molar-refractivity contribution is 5.90. The number of carbonyl (C=O) groups excluding carboxylic acids is 2. The molecule has 0 saturated heterocycles. The quantitative estimate of drug-likeness (QED) is 0.276. The van der Waals surface area contributed by atoms with E-state index in [2.05, 4.69) is 10.1 Å². The molecule has 10 heteroatoms. The number of hydrogen-bond acceptors (Lipinski definition) is 8. The molecule has 0 radical (unpaired) electrons. The summed E-state index contributed by atoms with van der Waals surface area (Å²) in [6.45, 7) is -0.0449. The molecule has 0 aliphatic heterocycles. The Kier molecular flexibility index (Phi) is 7.78. The smallest absolute Gasteiger partial charge is 0.338 e. The summed E-state index contributed by atoms with van der Waals surface area (Å²) < 4.78 is 20.4. The normalized spacial score (nSPS) is 10.0. The van der Waals surface area contributed by atoms with Crippen molar-refractivity contribution in [3.63, 3.8) is 0 Å². The molecule has 154 valence electrons. The number of amides is 1. The van der Waals surface area contributed by atoms with E-state index < -0.39 is 29.1 Å². The summed E-state index contributed by atoms with van der Waals surface area (Å²) in [5.41, 5.74) is -0.440. The van der Waals surface area contributed by atoms with Crippen LogP contribution < -0.4 is 19.5 Å². The molecular formula is C19H20N2O8. The predicted octanol–water partition coefficient (Wildman–Crippen LogP) is 1.96. The third kappa shape index (κ3) is 6.09. The van der Waals surface area contributed by atoms with E-state index in [-0.39, 0.29) is 24.5 Å². The Balaban J connectivity index is 1.84. The van der Waals surface area contributed by atoms with Gasteiger partial charge in [0.15, 0.2) is 23.9 Å². The average Bonchev–Trinajstić information content (AvgIpc) is 2.74. The molecule has 29 heavy (non-hydrogen) atoms. The minimum Gasteiger partial charge on any atom is -0.493 e. The van der Waals surface area contributed by atoms with Gasteiger partial charge in [0.25, 0.3) is 5.91 Å². The van der Waals surface area contributed by atoms with Gasteiger partial charge in [-0.2, -0.15) is 0 Å². The molecule has 1 N–H and O–H groups in total. The number of methoxy groups -OCH3 is 2. The Bertz CT molecular complexity index is 884. The number of para-hydroxylation sites is 2. The van der Waals surface area contributed by atoms with Gasteiger partial charge in [0, 0.05) is 6.07 Å². The van der Waals surface area contributed by atoms with Crippen LogP contribution in [0.15, 0.2) is 42.5 Å². The Hall–Kier alpha value is -3.82. The highest BCUT2D eigenvalue weighted by Gasteiger charge is 2.20. The molecule has 0 fully saturated rings. The van der Waals surface area contributed by atoms with Crippen molar-refractivity contribution in [2.24, 2.45) is 0 Å². The number of nitrogens with zero attached hydrogens (tertiary/aromatic N) is 1. The summed E-state index contributed by atoms with van der Waals surface area (Å²) in [7, 11) is 2.69. The van der Waals surface area contributed by atoms with Gasteiger partial charge in [-0.3, -0.25) is 14.9 Å². The fraction of sp³-hybridized carbons (Fsp3) is 0.263. The van der Waals surface area contributed by atoms with Crippen LogP contribution in [0.25, 0.3) is 0 Å². The van der Waals surface area contributed by atoms with Crippen molar-refractivity contribution in [3.05, 3.63) is 58.1 Å². The molecule has 1 amide bonds. The van der Waals surface area contributed by atoms with Crippen LogP contribution in [-0.4, -0.2) is 50.8 Å². The van der Waals surface area contributed by atoms with E-state index in [0.29, 0.717) is 11.5 Å². The van der Waals surface area contributed by atoms with Gasteiger partial charge in [-0.25, -0.2) is 4.79 Å². The Labute approximate surface area is 166 Å².